The molecule has 2 rings (SSSR count). The van der Waals surface area contributed by atoms with E-state index in [4.69, 9.17) is 5.11 Å². The van der Waals surface area contributed by atoms with Gasteiger partial charge in [0.2, 0.25) is 0 Å². The lowest BCUT2D eigenvalue weighted by Crippen LogP contribution is -2.46. The highest BCUT2D eigenvalue weighted by Crippen LogP contribution is 2.27. The van der Waals surface area contributed by atoms with Gasteiger partial charge in [0.05, 0.1) is 5.92 Å². The number of urea groups is 1. The van der Waals surface area contributed by atoms with Gasteiger partial charge in [0.15, 0.2) is 0 Å². The minimum absolute atomic E-state index is 0.0308. The molecule has 1 heterocycles. The van der Waals surface area contributed by atoms with E-state index < -0.39 is 11.9 Å². The molecule has 0 aromatic heterocycles. The van der Waals surface area contributed by atoms with Crippen molar-refractivity contribution < 1.29 is 14.7 Å². The molecule has 2 N–H and O–H groups in total. The highest BCUT2D eigenvalue weighted by atomic mass is 16.4. The van der Waals surface area contributed by atoms with Crippen molar-refractivity contribution in [2.75, 3.05) is 13.1 Å². The fourth-order valence-corrected chi connectivity index (χ4v) is 3.49. The van der Waals surface area contributed by atoms with Crippen LogP contribution in [0.25, 0.3) is 0 Å². The van der Waals surface area contributed by atoms with Crippen LogP contribution in [0, 0.1) is 17.8 Å². The van der Waals surface area contributed by atoms with Crippen molar-refractivity contribution in [3.8, 4) is 0 Å². The Labute approximate surface area is 120 Å². The van der Waals surface area contributed by atoms with E-state index in [-0.39, 0.29) is 18.0 Å². The fraction of sp³-hybridized carbons (Fsp3) is 0.867. The molecule has 2 fully saturated rings. The summed E-state index contributed by atoms with van der Waals surface area (Å²) in [5.74, 6) is -0.620. The Kier molecular flexibility index (Phi) is 4.89. The number of hydrogen-bond acceptors (Lipinski definition) is 2. The Hall–Kier alpha value is -1.26. The van der Waals surface area contributed by atoms with Crippen LogP contribution in [0.3, 0.4) is 0 Å². The van der Waals surface area contributed by atoms with Crippen LogP contribution in [0.5, 0.6) is 0 Å². The molecule has 5 nitrogen and oxygen atoms in total. The number of likely N-dealkylation sites (tertiary alicyclic amines) is 1. The van der Waals surface area contributed by atoms with E-state index in [1.54, 1.807) is 4.90 Å². The van der Waals surface area contributed by atoms with Gasteiger partial charge in [-0.3, -0.25) is 4.79 Å². The number of carboxylic acid groups (broad SMARTS) is 1. The van der Waals surface area contributed by atoms with Crippen molar-refractivity contribution in [2.24, 2.45) is 17.8 Å². The van der Waals surface area contributed by atoms with E-state index in [2.05, 4.69) is 12.2 Å². The van der Waals surface area contributed by atoms with Crippen molar-refractivity contribution in [3.63, 3.8) is 0 Å². The SMILES string of the molecule is CC1CN(C(=O)NC(C)C2CCCCC2)CC1C(=O)O. The first kappa shape index (κ1) is 15.1. The van der Waals surface area contributed by atoms with Gasteiger partial charge >= 0.3 is 12.0 Å². The van der Waals surface area contributed by atoms with Crippen molar-refractivity contribution in [2.45, 2.75) is 52.0 Å². The molecule has 0 radical (unpaired) electrons. The number of carbonyl (C=O) groups is 2. The molecule has 2 amide bonds. The van der Waals surface area contributed by atoms with Gasteiger partial charge in [-0.25, -0.2) is 4.79 Å². The smallest absolute Gasteiger partial charge is 0.317 e. The summed E-state index contributed by atoms with van der Waals surface area (Å²) in [6.45, 7) is 4.85. The first-order chi connectivity index (χ1) is 9.49. The van der Waals surface area contributed by atoms with E-state index in [9.17, 15) is 9.59 Å². The van der Waals surface area contributed by atoms with Crippen LogP contribution < -0.4 is 5.32 Å². The third-order valence-corrected chi connectivity index (χ3v) is 4.92. The third kappa shape index (κ3) is 3.44. The third-order valence-electron chi connectivity index (χ3n) is 4.92. The van der Waals surface area contributed by atoms with Gasteiger partial charge in [-0.15, -0.1) is 0 Å². The van der Waals surface area contributed by atoms with Gasteiger partial charge in [-0.1, -0.05) is 26.2 Å². The summed E-state index contributed by atoms with van der Waals surface area (Å²) < 4.78 is 0. The number of aliphatic carboxylic acids is 1. The van der Waals surface area contributed by atoms with Crippen LogP contribution in [0.4, 0.5) is 4.79 Å². The minimum atomic E-state index is -0.798. The maximum Gasteiger partial charge on any atom is 0.317 e. The summed E-state index contributed by atoms with van der Waals surface area (Å²) in [5, 5.41) is 12.2. The topological polar surface area (TPSA) is 69.6 Å². The van der Waals surface area contributed by atoms with Gasteiger partial charge in [-0.05, 0) is 31.6 Å². The molecule has 0 bridgehead atoms. The van der Waals surface area contributed by atoms with Crippen LogP contribution in [-0.4, -0.2) is 41.1 Å². The normalized spacial score (nSPS) is 29.2. The molecule has 0 spiro atoms. The van der Waals surface area contributed by atoms with Gasteiger partial charge < -0.3 is 15.3 Å². The summed E-state index contributed by atoms with van der Waals surface area (Å²) in [6.07, 6.45) is 6.20. The second-order valence-corrected chi connectivity index (χ2v) is 6.46. The first-order valence-corrected chi connectivity index (χ1v) is 7.77. The highest BCUT2D eigenvalue weighted by Gasteiger charge is 2.37. The molecule has 3 unspecified atom stereocenters. The summed E-state index contributed by atoms with van der Waals surface area (Å²) in [6, 6.07) is 0.0839. The molecule has 1 saturated carbocycles. The molecule has 0 aromatic carbocycles. The number of nitrogens with one attached hydrogen (secondary N) is 1. The lowest BCUT2D eigenvalue weighted by Gasteiger charge is -2.29. The number of carboxylic acids is 1. The molecule has 20 heavy (non-hydrogen) atoms. The number of amides is 2. The van der Waals surface area contributed by atoms with E-state index in [1.165, 1.54) is 32.1 Å². The van der Waals surface area contributed by atoms with Crippen LogP contribution in [0.15, 0.2) is 0 Å². The van der Waals surface area contributed by atoms with Crippen LogP contribution in [0.2, 0.25) is 0 Å². The lowest BCUT2D eigenvalue weighted by molar-refractivity contribution is -0.142. The van der Waals surface area contributed by atoms with Crippen molar-refractivity contribution in [3.05, 3.63) is 0 Å². The predicted octanol–water partition coefficient (Wildman–Crippen LogP) is 2.32. The highest BCUT2D eigenvalue weighted by molar-refractivity contribution is 5.77. The Bertz CT molecular complexity index is 366. The monoisotopic (exact) mass is 282 g/mol. The molecule has 1 aliphatic carbocycles. The summed E-state index contributed by atoms with van der Waals surface area (Å²) >= 11 is 0. The summed E-state index contributed by atoms with van der Waals surface area (Å²) in [7, 11) is 0. The molecule has 1 saturated heterocycles. The molecule has 3 atom stereocenters. The molecule has 2 aliphatic rings. The Balaban J connectivity index is 1.84. The van der Waals surface area contributed by atoms with Crippen LogP contribution in [0.1, 0.15) is 46.0 Å². The molecular weight excluding hydrogens is 256 g/mol. The van der Waals surface area contributed by atoms with Gasteiger partial charge in [0, 0.05) is 19.1 Å². The Morgan fingerprint density at radius 2 is 1.85 bits per heavy atom. The largest absolute Gasteiger partial charge is 0.481 e. The maximum absolute atomic E-state index is 12.2. The van der Waals surface area contributed by atoms with E-state index >= 15 is 0 Å². The quantitative estimate of drug-likeness (QED) is 0.834. The molecule has 114 valence electrons. The fourth-order valence-electron chi connectivity index (χ4n) is 3.49. The molecule has 5 heteroatoms. The average Bonchev–Trinajstić information content (AvgIpc) is 2.82. The van der Waals surface area contributed by atoms with E-state index in [0.717, 1.165) is 0 Å². The van der Waals surface area contributed by atoms with Crippen LogP contribution >= 0.6 is 0 Å². The number of hydrogen-bond donors (Lipinski definition) is 2. The Morgan fingerprint density at radius 1 is 1.20 bits per heavy atom. The zero-order valence-electron chi connectivity index (χ0n) is 12.5. The number of nitrogens with zero attached hydrogens (tertiary/aromatic N) is 1. The van der Waals surface area contributed by atoms with Gasteiger partial charge in [0.25, 0.3) is 0 Å². The summed E-state index contributed by atoms with van der Waals surface area (Å²) in [5.41, 5.74) is 0. The zero-order valence-corrected chi connectivity index (χ0v) is 12.5. The maximum atomic E-state index is 12.2. The number of carbonyl (C=O) groups excluding carboxylic acids is 1. The van der Waals surface area contributed by atoms with Crippen molar-refractivity contribution in [1.82, 2.24) is 10.2 Å². The predicted molar refractivity (Wildman–Crippen MR) is 76.4 cm³/mol. The van der Waals surface area contributed by atoms with E-state index in [0.29, 0.717) is 19.0 Å². The lowest BCUT2D eigenvalue weighted by atomic mass is 9.84. The van der Waals surface area contributed by atoms with E-state index in [1.807, 2.05) is 6.92 Å². The van der Waals surface area contributed by atoms with Gasteiger partial charge in [-0.2, -0.15) is 0 Å². The standard InChI is InChI=1S/C15H26N2O3/c1-10-8-17(9-13(10)14(18)19)15(20)16-11(2)12-6-4-3-5-7-12/h10-13H,3-9H2,1-2H3,(H,16,20)(H,18,19). The molecule has 0 aromatic rings. The van der Waals surface area contributed by atoms with Crippen LogP contribution in [-0.2, 0) is 4.79 Å². The second-order valence-electron chi connectivity index (χ2n) is 6.46. The summed E-state index contributed by atoms with van der Waals surface area (Å²) in [4.78, 5) is 25.0. The first-order valence-electron chi connectivity index (χ1n) is 7.77. The Morgan fingerprint density at radius 3 is 2.40 bits per heavy atom. The zero-order chi connectivity index (χ0) is 14.7. The molecular formula is C15H26N2O3. The minimum Gasteiger partial charge on any atom is -0.481 e. The second kappa shape index (κ2) is 6.46. The van der Waals surface area contributed by atoms with Gasteiger partial charge in [0.1, 0.15) is 0 Å². The average molecular weight is 282 g/mol. The number of rotatable bonds is 3. The molecule has 1 aliphatic heterocycles. The van der Waals surface area contributed by atoms with Crippen molar-refractivity contribution >= 4 is 12.0 Å². The van der Waals surface area contributed by atoms with Crippen molar-refractivity contribution in [1.29, 1.82) is 0 Å².